The molecule has 0 atom stereocenters. The minimum absolute atomic E-state index is 0.0261. The molecule has 0 spiro atoms. The van der Waals surface area contributed by atoms with Crippen LogP contribution in [0, 0.1) is 5.82 Å². The molecular formula is C25H23F7N4O2. The number of ether oxygens (including phenoxy) is 1. The van der Waals surface area contributed by atoms with Gasteiger partial charge in [0.2, 0.25) is 0 Å². The molecule has 1 N–H and O–H groups in total. The molecular weight excluding hydrogens is 521 g/mol. The second-order valence-electron chi connectivity index (χ2n) is 9.54. The number of nitrogens with zero attached hydrogens (tertiary/aromatic N) is 3. The third-order valence-corrected chi connectivity index (χ3v) is 6.99. The van der Waals surface area contributed by atoms with E-state index in [4.69, 9.17) is 0 Å². The maximum absolute atomic E-state index is 15.2. The molecule has 6 nitrogen and oxygen atoms in total. The molecule has 0 bridgehead atoms. The molecule has 1 amide bonds. The SMILES string of the molecule is O=C(c1ccc(OC(F)(F)F)cc1)N1CCC(c2c(F)cnc3[nH]c4c(c23)CN(CC(F)(F)F)CC4)CC1. The number of benzene rings is 1. The third-order valence-electron chi connectivity index (χ3n) is 6.99. The molecule has 38 heavy (non-hydrogen) atoms. The van der Waals surface area contributed by atoms with Gasteiger partial charge in [0.1, 0.15) is 17.2 Å². The maximum atomic E-state index is 15.2. The average molecular weight is 544 g/mol. The monoisotopic (exact) mass is 544 g/mol. The number of hydrogen-bond acceptors (Lipinski definition) is 4. The predicted octanol–water partition coefficient (Wildman–Crippen LogP) is 5.54. The summed E-state index contributed by atoms with van der Waals surface area (Å²) >= 11 is 0. The second kappa shape index (κ2) is 9.75. The number of amides is 1. The Morgan fingerprint density at radius 3 is 2.37 bits per heavy atom. The van der Waals surface area contributed by atoms with Crippen molar-refractivity contribution >= 4 is 16.9 Å². The molecule has 3 aromatic rings. The number of nitrogens with one attached hydrogen (secondary N) is 1. The summed E-state index contributed by atoms with van der Waals surface area (Å²) < 4.78 is 95.1. The highest BCUT2D eigenvalue weighted by Gasteiger charge is 2.35. The minimum Gasteiger partial charge on any atom is -0.406 e. The van der Waals surface area contributed by atoms with Crippen molar-refractivity contribution in [1.82, 2.24) is 19.8 Å². The molecule has 1 fully saturated rings. The van der Waals surface area contributed by atoms with E-state index in [1.54, 1.807) is 4.90 Å². The molecule has 4 heterocycles. The van der Waals surface area contributed by atoms with Gasteiger partial charge in [-0.15, -0.1) is 13.2 Å². The molecule has 2 aliphatic heterocycles. The Balaban J connectivity index is 1.32. The molecule has 1 saturated heterocycles. The molecule has 0 radical (unpaired) electrons. The quantitative estimate of drug-likeness (QED) is 0.439. The largest absolute Gasteiger partial charge is 0.573 e. The van der Waals surface area contributed by atoms with Crippen LogP contribution >= 0.6 is 0 Å². The van der Waals surface area contributed by atoms with Gasteiger partial charge in [-0.05, 0) is 48.6 Å². The number of carbonyl (C=O) groups is 1. The van der Waals surface area contributed by atoms with Crippen LogP contribution in [0.3, 0.4) is 0 Å². The lowest BCUT2D eigenvalue weighted by molar-refractivity contribution is -0.274. The van der Waals surface area contributed by atoms with Gasteiger partial charge in [-0.1, -0.05) is 0 Å². The van der Waals surface area contributed by atoms with Crippen LogP contribution in [0.15, 0.2) is 30.5 Å². The summed E-state index contributed by atoms with van der Waals surface area (Å²) in [5.41, 5.74) is 2.39. The lowest BCUT2D eigenvalue weighted by Gasteiger charge is -2.33. The minimum atomic E-state index is -4.84. The molecule has 2 aliphatic rings. The molecule has 5 rings (SSSR count). The Labute approximate surface area is 212 Å². The number of carbonyl (C=O) groups excluding carboxylic acids is 1. The number of fused-ring (bicyclic) bond motifs is 3. The lowest BCUT2D eigenvalue weighted by Crippen LogP contribution is -2.38. The summed E-state index contributed by atoms with van der Waals surface area (Å²) in [7, 11) is 0. The number of pyridine rings is 1. The van der Waals surface area contributed by atoms with Crippen molar-refractivity contribution in [3.8, 4) is 5.75 Å². The Morgan fingerprint density at radius 2 is 1.74 bits per heavy atom. The van der Waals surface area contributed by atoms with E-state index < -0.39 is 30.7 Å². The fourth-order valence-corrected chi connectivity index (χ4v) is 5.37. The maximum Gasteiger partial charge on any atom is 0.573 e. The van der Waals surface area contributed by atoms with Crippen molar-refractivity contribution in [3.63, 3.8) is 0 Å². The van der Waals surface area contributed by atoms with E-state index in [-0.39, 0.29) is 43.6 Å². The van der Waals surface area contributed by atoms with Gasteiger partial charge < -0.3 is 14.6 Å². The zero-order valence-electron chi connectivity index (χ0n) is 19.9. The topological polar surface area (TPSA) is 61.5 Å². The highest BCUT2D eigenvalue weighted by Crippen LogP contribution is 2.39. The highest BCUT2D eigenvalue weighted by atomic mass is 19.4. The zero-order valence-corrected chi connectivity index (χ0v) is 19.9. The molecule has 0 unspecified atom stereocenters. The predicted molar refractivity (Wildman–Crippen MR) is 122 cm³/mol. The van der Waals surface area contributed by atoms with Crippen molar-refractivity contribution < 1.29 is 40.3 Å². The number of aromatic nitrogens is 2. The fraction of sp³-hybridized carbons (Fsp3) is 0.440. The normalized spacial score (nSPS) is 17.6. The van der Waals surface area contributed by atoms with Gasteiger partial charge in [-0.3, -0.25) is 9.69 Å². The first-order valence-electron chi connectivity index (χ1n) is 12.0. The van der Waals surface area contributed by atoms with Crippen molar-refractivity contribution in [1.29, 1.82) is 0 Å². The number of aromatic amines is 1. The zero-order chi connectivity index (χ0) is 27.2. The number of alkyl halides is 6. The van der Waals surface area contributed by atoms with Crippen LogP contribution in [0.5, 0.6) is 5.75 Å². The summed E-state index contributed by atoms with van der Waals surface area (Å²) in [6.45, 7) is -0.249. The highest BCUT2D eigenvalue weighted by molar-refractivity contribution is 5.94. The van der Waals surface area contributed by atoms with E-state index in [9.17, 15) is 31.1 Å². The summed E-state index contributed by atoms with van der Waals surface area (Å²) in [4.78, 5) is 23.0. The second-order valence-corrected chi connectivity index (χ2v) is 9.54. The van der Waals surface area contributed by atoms with Gasteiger partial charge in [-0.2, -0.15) is 13.2 Å². The average Bonchev–Trinajstić information content (AvgIpc) is 3.20. The molecule has 2 aromatic heterocycles. The van der Waals surface area contributed by atoms with Gasteiger partial charge in [-0.25, -0.2) is 9.37 Å². The number of H-pyrrole nitrogens is 1. The molecule has 0 aliphatic carbocycles. The number of halogens is 7. The van der Waals surface area contributed by atoms with Crippen LogP contribution in [0.4, 0.5) is 30.7 Å². The summed E-state index contributed by atoms with van der Waals surface area (Å²) in [6, 6.07) is 4.63. The molecule has 13 heteroatoms. The summed E-state index contributed by atoms with van der Waals surface area (Å²) in [5, 5.41) is 0.511. The number of hydrogen-bond donors (Lipinski definition) is 1. The fourth-order valence-electron chi connectivity index (χ4n) is 5.37. The first kappa shape index (κ1) is 26.3. The smallest absolute Gasteiger partial charge is 0.406 e. The lowest BCUT2D eigenvalue weighted by atomic mass is 9.86. The van der Waals surface area contributed by atoms with E-state index in [0.29, 0.717) is 41.4 Å². The van der Waals surface area contributed by atoms with E-state index in [2.05, 4.69) is 14.7 Å². The van der Waals surface area contributed by atoms with E-state index in [1.807, 2.05) is 0 Å². The first-order chi connectivity index (χ1) is 17.9. The third kappa shape index (κ3) is 5.57. The van der Waals surface area contributed by atoms with Crippen LogP contribution < -0.4 is 4.74 Å². The number of piperidine rings is 1. The van der Waals surface area contributed by atoms with E-state index >= 15 is 4.39 Å². The van der Waals surface area contributed by atoms with Crippen LogP contribution in [-0.2, 0) is 13.0 Å². The van der Waals surface area contributed by atoms with Gasteiger partial charge in [0.05, 0.1) is 12.7 Å². The summed E-state index contributed by atoms with van der Waals surface area (Å²) in [6.07, 6.45) is -6.90. The Kier molecular flexibility index (Phi) is 6.74. The Hall–Kier alpha value is -3.35. The Morgan fingerprint density at radius 1 is 1.05 bits per heavy atom. The number of rotatable bonds is 4. The molecule has 1 aromatic carbocycles. The van der Waals surface area contributed by atoms with Gasteiger partial charge in [0, 0.05) is 54.8 Å². The molecule has 0 saturated carbocycles. The van der Waals surface area contributed by atoms with Gasteiger partial charge >= 0.3 is 12.5 Å². The van der Waals surface area contributed by atoms with E-state index in [0.717, 1.165) is 24.0 Å². The van der Waals surface area contributed by atoms with Crippen molar-refractivity contribution in [2.45, 2.75) is 44.3 Å². The van der Waals surface area contributed by atoms with Crippen LogP contribution in [0.25, 0.3) is 11.0 Å². The van der Waals surface area contributed by atoms with Crippen LogP contribution in [0.2, 0.25) is 0 Å². The first-order valence-corrected chi connectivity index (χ1v) is 12.0. The summed E-state index contributed by atoms with van der Waals surface area (Å²) in [5.74, 6) is -1.64. The number of likely N-dealkylation sites (tertiary alicyclic amines) is 1. The van der Waals surface area contributed by atoms with Gasteiger partial charge in [0.15, 0.2) is 0 Å². The van der Waals surface area contributed by atoms with Crippen molar-refractivity contribution in [2.75, 3.05) is 26.2 Å². The van der Waals surface area contributed by atoms with Crippen LogP contribution in [0.1, 0.15) is 45.9 Å². The van der Waals surface area contributed by atoms with Crippen molar-refractivity contribution in [3.05, 3.63) is 58.7 Å². The van der Waals surface area contributed by atoms with Crippen molar-refractivity contribution in [2.24, 2.45) is 0 Å². The van der Waals surface area contributed by atoms with Crippen LogP contribution in [-0.4, -0.2) is 64.4 Å². The molecule has 204 valence electrons. The Bertz CT molecular complexity index is 1330. The van der Waals surface area contributed by atoms with Gasteiger partial charge in [0.25, 0.3) is 5.91 Å². The van der Waals surface area contributed by atoms with E-state index in [1.165, 1.54) is 17.0 Å². The standard InChI is InChI=1S/C25H23F7N4O2/c26-18-11-33-22-21(17-12-35(13-24(27,28)29)8-7-19(17)34-22)20(18)14-5-9-36(10-6-14)23(37)15-1-3-16(4-2-15)38-25(30,31)32/h1-4,11,14H,5-10,12-13H2,(H,33,34).